The highest BCUT2D eigenvalue weighted by Gasteiger charge is 2.31. The Kier molecular flexibility index (Phi) is 4.19. The summed E-state index contributed by atoms with van der Waals surface area (Å²) in [5, 5.41) is 15.7. The van der Waals surface area contributed by atoms with Gasteiger partial charge in [0.15, 0.2) is 23.3 Å². The Hall–Kier alpha value is -1.43. The number of nitrogens with zero attached hydrogens (tertiary/aromatic N) is 1. The van der Waals surface area contributed by atoms with E-state index in [0.717, 1.165) is 18.9 Å². The molecule has 0 saturated heterocycles. The van der Waals surface area contributed by atoms with Gasteiger partial charge in [-0.25, -0.2) is 13.8 Å². The van der Waals surface area contributed by atoms with Crippen molar-refractivity contribution in [2.24, 2.45) is 0 Å². The molecule has 1 aliphatic carbocycles. The fraction of sp³-hybridized carbons (Fsp3) is 0.615. The Morgan fingerprint density at radius 3 is 2.37 bits per heavy atom. The van der Waals surface area contributed by atoms with Gasteiger partial charge in [0.2, 0.25) is 0 Å². The van der Waals surface area contributed by atoms with E-state index in [9.17, 15) is 13.9 Å². The number of halogens is 2. The maximum absolute atomic E-state index is 13.6. The smallest absolute Gasteiger partial charge is 0.168 e. The lowest BCUT2D eigenvalue weighted by molar-refractivity contribution is 0.0613. The minimum absolute atomic E-state index is 0.0183. The van der Waals surface area contributed by atoms with Crippen molar-refractivity contribution < 1.29 is 13.9 Å². The van der Waals surface area contributed by atoms with Crippen molar-refractivity contribution in [1.82, 2.24) is 4.98 Å². The quantitative estimate of drug-likeness (QED) is 0.770. The molecule has 0 spiro atoms. The molecule has 0 bridgehead atoms. The van der Waals surface area contributed by atoms with Crippen LogP contribution in [-0.4, -0.2) is 28.8 Å². The summed E-state index contributed by atoms with van der Waals surface area (Å²) in [5.41, 5.74) is -0.805. The van der Waals surface area contributed by atoms with Crippen LogP contribution < -0.4 is 10.6 Å². The molecule has 4 nitrogen and oxygen atoms in total. The summed E-state index contributed by atoms with van der Waals surface area (Å²) in [4.78, 5) is 3.87. The molecule has 1 aromatic heterocycles. The largest absolute Gasteiger partial charge is 0.388 e. The zero-order valence-electron chi connectivity index (χ0n) is 11.0. The molecular weight excluding hydrogens is 252 g/mol. The van der Waals surface area contributed by atoms with Gasteiger partial charge in [0.1, 0.15) is 0 Å². The molecule has 0 unspecified atom stereocenters. The molecule has 1 saturated carbocycles. The molecule has 3 N–H and O–H groups in total. The van der Waals surface area contributed by atoms with E-state index in [1.165, 1.54) is 0 Å². The van der Waals surface area contributed by atoms with E-state index >= 15 is 0 Å². The number of rotatable bonds is 5. The van der Waals surface area contributed by atoms with Gasteiger partial charge in [0, 0.05) is 19.2 Å². The van der Waals surface area contributed by atoms with Gasteiger partial charge < -0.3 is 15.7 Å². The SMILES string of the molecule is CCNc1nc(NCC2(O)CCCC2)c(F)cc1F. The van der Waals surface area contributed by atoms with Crippen LogP contribution in [0, 0.1) is 11.6 Å². The Morgan fingerprint density at radius 1 is 1.21 bits per heavy atom. The highest BCUT2D eigenvalue weighted by molar-refractivity contribution is 5.47. The van der Waals surface area contributed by atoms with Crippen molar-refractivity contribution in [1.29, 1.82) is 0 Å². The first-order valence-corrected chi connectivity index (χ1v) is 6.60. The number of pyridine rings is 1. The highest BCUT2D eigenvalue weighted by atomic mass is 19.1. The lowest BCUT2D eigenvalue weighted by atomic mass is 10.0. The van der Waals surface area contributed by atoms with E-state index in [0.29, 0.717) is 19.4 Å². The zero-order chi connectivity index (χ0) is 13.9. The average molecular weight is 271 g/mol. The number of aliphatic hydroxyl groups is 1. The van der Waals surface area contributed by atoms with Crippen LogP contribution in [0.15, 0.2) is 6.07 Å². The summed E-state index contributed by atoms with van der Waals surface area (Å²) in [7, 11) is 0. The minimum Gasteiger partial charge on any atom is -0.388 e. The third-order valence-corrected chi connectivity index (χ3v) is 3.39. The van der Waals surface area contributed by atoms with E-state index in [1.54, 1.807) is 6.92 Å². The molecule has 0 amide bonds. The van der Waals surface area contributed by atoms with Crippen LogP contribution in [0.25, 0.3) is 0 Å². The van der Waals surface area contributed by atoms with Crippen LogP contribution >= 0.6 is 0 Å². The molecule has 19 heavy (non-hydrogen) atoms. The maximum Gasteiger partial charge on any atom is 0.168 e. The van der Waals surface area contributed by atoms with Gasteiger partial charge in [-0.1, -0.05) is 12.8 Å². The number of nitrogens with one attached hydrogen (secondary N) is 2. The number of hydrogen-bond donors (Lipinski definition) is 3. The second-order valence-corrected chi connectivity index (χ2v) is 4.96. The fourth-order valence-corrected chi connectivity index (χ4v) is 2.34. The van der Waals surface area contributed by atoms with Gasteiger partial charge in [-0.15, -0.1) is 0 Å². The second kappa shape index (κ2) is 5.69. The number of aromatic nitrogens is 1. The lowest BCUT2D eigenvalue weighted by Gasteiger charge is -2.23. The molecule has 6 heteroatoms. The number of anilines is 2. The van der Waals surface area contributed by atoms with E-state index in [4.69, 9.17) is 0 Å². The van der Waals surface area contributed by atoms with E-state index in [2.05, 4.69) is 15.6 Å². The Balaban J connectivity index is 2.08. The van der Waals surface area contributed by atoms with Gasteiger partial charge in [-0.2, -0.15) is 0 Å². The van der Waals surface area contributed by atoms with Crippen LogP contribution in [0.5, 0.6) is 0 Å². The van der Waals surface area contributed by atoms with Crippen LogP contribution in [0.2, 0.25) is 0 Å². The summed E-state index contributed by atoms with van der Waals surface area (Å²) < 4.78 is 27.0. The molecule has 2 rings (SSSR count). The molecule has 0 radical (unpaired) electrons. The first-order chi connectivity index (χ1) is 9.04. The summed E-state index contributed by atoms with van der Waals surface area (Å²) >= 11 is 0. The third kappa shape index (κ3) is 3.32. The third-order valence-electron chi connectivity index (χ3n) is 3.39. The normalized spacial score (nSPS) is 17.5. The molecular formula is C13H19F2N3O. The molecule has 0 aromatic carbocycles. The summed E-state index contributed by atoms with van der Waals surface area (Å²) in [6, 6.07) is 0.798. The van der Waals surface area contributed by atoms with Gasteiger partial charge in [-0.3, -0.25) is 0 Å². The minimum atomic E-state index is -0.805. The lowest BCUT2D eigenvalue weighted by Crippen LogP contribution is -2.34. The van der Waals surface area contributed by atoms with Crippen molar-refractivity contribution in [3.63, 3.8) is 0 Å². The molecule has 106 valence electrons. The van der Waals surface area contributed by atoms with Crippen molar-refractivity contribution in [3.8, 4) is 0 Å². The molecule has 1 aromatic rings. The predicted molar refractivity (Wildman–Crippen MR) is 70.2 cm³/mol. The summed E-state index contributed by atoms with van der Waals surface area (Å²) in [6.45, 7) is 2.53. The van der Waals surface area contributed by atoms with Gasteiger partial charge in [0.05, 0.1) is 5.60 Å². The molecule has 0 aliphatic heterocycles. The fourth-order valence-electron chi connectivity index (χ4n) is 2.34. The van der Waals surface area contributed by atoms with Crippen molar-refractivity contribution in [2.75, 3.05) is 23.7 Å². The average Bonchev–Trinajstić information content (AvgIpc) is 2.79. The van der Waals surface area contributed by atoms with Gasteiger partial charge in [-0.05, 0) is 19.8 Å². The van der Waals surface area contributed by atoms with Crippen LogP contribution in [0.3, 0.4) is 0 Å². The first kappa shape index (κ1) is 14.0. The Morgan fingerprint density at radius 2 is 1.79 bits per heavy atom. The van der Waals surface area contributed by atoms with E-state index < -0.39 is 17.2 Å². The monoisotopic (exact) mass is 271 g/mol. The van der Waals surface area contributed by atoms with E-state index in [1.807, 2.05) is 0 Å². The molecule has 0 atom stereocenters. The van der Waals surface area contributed by atoms with Crippen LogP contribution in [0.1, 0.15) is 32.6 Å². The highest BCUT2D eigenvalue weighted by Crippen LogP contribution is 2.30. The van der Waals surface area contributed by atoms with Crippen LogP contribution in [-0.2, 0) is 0 Å². The van der Waals surface area contributed by atoms with Crippen molar-refractivity contribution >= 4 is 11.6 Å². The standard InChI is InChI=1S/C13H19F2N3O/c1-2-16-11-9(14)7-10(15)12(18-11)17-8-13(19)5-3-4-6-13/h7,19H,2-6,8H2,1H3,(H2,16,17,18). The Bertz CT molecular complexity index is 448. The van der Waals surface area contributed by atoms with Crippen LogP contribution in [0.4, 0.5) is 20.4 Å². The maximum atomic E-state index is 13.6. The van der Waals surface area contributed by atoms with Gasteiger partial charge >= 0.3 is 0 Å². The molecule has 1 fully saturated rings. The number of hydrogen-bond acceptors (Lipinski definition) is 4. The van der Waals surface area contributed by atoms with Crippen molar-refractivity contribution in [2.45, 2.75) is 38.2 Å². The molecule has 1 heterocycles. The second-order valence-electron chi connectivity index (χ2n) is 4.96. The van der Waals surface area contributed by atoms with Gasteiger partial charge in [0.25, 0.3) is 0 Å². The zero-order valence-corrected chi connectivity index (χ0v) is 11.0. The summed E-state index contributed by atoms with van der Waals surface area (Å²) in [6.07, 6.45) is 3.34. The predicted octanol–water partition coefficient (Wildman–Crippen LogP) is 2.51. The first-order valence-electron chi connectivity index (χ1n) is 6.60. The van der Waals surface area contributed by atoms with E-state index in [-0.39, 0.29) is 18.2 Å². The summed E-state index contributed by atoms with van der Waals surface area (Å²) in [5.74, 6) is -1.48. The topological polar surface area (TPSA) is 57.2 Å². The Labute approximate surface area is 111 Å². The molecule has 1 aliphatic rings. The van der Waals surface area contributed by atoms with Crippen molar-refractivity contribution in [3.05, 3.63) is 17.7 Å².